The summed E-state index contributed by atoms with van der Waals surface area (Å²) >= 11 is 0. The number of halogens is 1. The maximum Gasteiger partial charge on any atom is 0.228 e. The fourth-order valence-corrected chi connectivity index (χ4v) is 4.62. The van der Waals surface area contributed by atoms with Crippen LogP contribution in [0.4, 0.5) is 4.39 Å². The fraction of sp³-hybridized carbons (Fsp3) is 0.379. The lowest BCUT2D eigenvalue weighted by Gasteiger charge is -2.34. The van der Waals surface area contributed by atoms with Crippen molar-refractivity contribution >= 4 is 5.91 Å². The lowest BCUT2D eigenvalue weighted by atomic mass is 10.1. The number of carbonyl (C=O) groups excluding carboxylic acids is 1. The van der Waals surface area contributed by atoms with Gasteiger partial charge in [-0.2, -0.15) is 4.98 Å². The summed E-state index contributed by atoms with van der Waals surface area (Å²) in [5.74, 6) is 2.30. The zero-order valence-electron chi connectivity index (χ0n) is 22.0. The van der Waals surface area contributed by atoms with E-state index in [1.54, 1.807) is 19.1 Å². The number of hydrogen-bond acceptors (Lipinski definition) is 7. The maximum atomic E-state index is 13.6. The van der Waals surface area contributed by atoms with Gasteiger partial charge in [-0.25, -0.2) is 9.37 Å². The molecule has 0 bridgehead atoms. The fourth-order valence-electron chi connectivity index (χ4n) is 4.62. The van der Waals surface area contributed by atoms with Gasteiger partial charge in [-0.15, -0.1) is 0 Å². The molecule has 0 unspecified atom stereocenters. The Kier molecular flexibility index (Phi) is 7.64. The van der Waals surface area contributed by atoms with Crippen LogP contribution in [0.2, 0.25) is 0 Å². The van der Waals surface area contributed by atoms with E-state index < -0.39 is 0 Å². The Morgan fingerprint density at radius 2 is 1.79 bits per heavy atom. The van der Waals surface area contributed by atoms with Gasteiger partial charge in [0.25, 0.3) is 0 Å². The number of amides is 1. The Balaban J connectivity index is 1.15. The van der Waals surface area contributed by atoms with Crippen molar-refractivity contribution < 1.29 is 18.1 Å². The lowest BCUT2D eigenvalue weighted by molar-refractivity contribution is -0.132. The molecule has 0 aliphatic carbocycles. The van der Waals surface area contributed by atoms with Gasteiger partial charge in [0.2, 0.25) is 23.5 Å². The van der Waals surface area contributed by atoms with Crippen molar-refractivity contribution in [2.24, 2.45) is 5.92 Å². The smallest absolute Gasteiger partial charge is 0.228 e. The summed E-state index contributed by atoms with van der Waals surface area (Å²) in [6, 6.07) is 14.3. The summed E-state index contributed by atoms with van der Waals surface area (Å²) in [6.45, 7) is 9.67. The Morgan fingerprint density at radius 3 is 2.55 bits per heavy atom. The zero-order valence-corrected chi connectivity index (χ0v) is 22.0. The van der Waals surface area contributed by atoms with Crippen LogP contribution in [-0.4, -0.2) is 57.0 Å². The highest BCUT2D eigenvalue weighted by Crippen LogP contribution is 2.24. The molecule has 1 saturated heterocycles. The van der Waals surface area contributed by atoms with Crippen molar-refractivity contribution in [2.45, 2.75) is 40.2 Å². The number of nitrogens with zero attached hydrogens (tertiary/aromatic N) is 5. The topological polar surface area (TPSA) is 88.5 Å². The Labute approximate surface area is 221 Å². The van der Waals surface area contributed by atoms with E-state index >= 15 is 0 Å². The second-order valence-electron chi connectivity index (χ2n) is 10.2. The van der Waals surface area contributed by atoms with Gasteiger partial charge in [-0.3, -0.25) is 9.69 Å². The number of oxazole rings is 1. The van der Waals surface area contributed by atoms with Crippen molar-refractivity contribution in [1.82, 2.24) is 24.9 Å². The number of benzene rings is 2. The molecule has 1 amide bonds. The third-order valence-corrected chi connectivity index (χ3v) is 6.65. The molecular weight excluding hydrogens is 485 g/mol. The molecule has 0 radical (unpaired) electrons. The van der Waals surface area contributed by atoms with E-state index in [1.165, 1.54) is 17.7 Å². The maximum absolute atomic E-state index is 13.6. The van der Waals surface area contributed by atoms with Crippen LogP contribution in [0.15, 0.2) is 57.5 Å². The van der Waals surface area contributed by atoms with Gasteiger partial charge in [-0.05, 0) is 42.7 Å². The number of rotatable bonds is 8. The van der Waals surface area contributed by atoms with Crippen molar-refractivity contribution in [2.75, 3.05) is 26.2 Å². The minimum absolute atomic E-state index is 0.0168. The van der Waals surface area contributed by atoms with Gasteiger partial charge >= 0.3 is 0 Å². The first-order valence-electron chi connectivity index (χ1n) is 13.0. The quantitative estimate of drug-likeness (QED) is 0.328. The molecule has 38 heavy (non-hydrogen) atoms. The highest BCUT2D eigenvalue weighted by Gasteiger charge is 2.24. The normalized spacial score (nSPS) is 14.4. The van der Waals surface area contributed by atoms with E-state index in [-0.39, 0.29) is 18.1 Å². The Bertz CT molecular complexity index is 1400. The molecular formula is C29H32FN5O3. The SMILES string of the molecule is Cc1oc(-c2cccc(F)c2)nc1CC(=O)N1CCN(Cc2cccc(-c3noc(CC(C)C)n3)c2)CC1. The van der Waals surface area contributed by atoms with Crippen LogP contribution >= 0.6 is 0 Å². The first-order chi connectivity index (χ1) is 18.3. The first kappa shape index (κ1) is 25.8. The molecule has 2 aromatic heterocycles. The van der Waals surface area contributed by atoms with Gasteiger partial charge in [-0.1, -0.05) is 43.3 Å². The molecule has 8 nitrogen and oxygen atoms in total. The van der Waals surface area contributed by atoms with Crippen molar-refractivity contribution in [1.29, 1.82) is 0 Å². The minimum Gasteiger partial charge on any atom is -0.441 e. The second kappa shape index (κ2) is 11.3. The third-order valence-electron chi connectivity index (χ3n) is 6.65. The summed E-state index contributed by atoms with van der Waals surface area (Å²) in [7, 11) is 0. The van der Waals surface area contributed by atoms with Crippen LogP contribution in [-0.2, 0) is 24.2 Å². The van der Waals surface area contributed by atoms with E-state index in [1.807, 2.05) is 17.0 Å². The van der Waals surface area contributed by atoms with Crippen LogP contribution in [0.25, 0.3) is 22.8 Å². The zero-order chi connectivity index (χ0) is 26.6. The molecule has 1 aliphatic rings. The summed E-state index contributed by atoms with van der Waals surface area (Å²) in [6.07, 6.45) is 0.927. The summed E-state index contributed by atoms with van der Waals surface area (Å²) in [5.41, 5.74) is 3.25. The lowest BCUT2D eigenvalue weighted by Crippen LogP contribution is -2.48. The predicted octanol–water partition coefficient (Wildman–Crippen LogP) is 4.92. The van der Waals surface area contributed by atoms with Crippen LogP contribution in [0.3, 0.4) is 0 Å². The van der Waals surface area contributed by atoms with Gasteiger partial charge in [0.05, 0.1) is 12.1 Å². The molecule has 5 rings (SSSR count). The van der Waals surface area contributed by atoms with Crippen molar-refractivity contribution in [3.8, 4) is 22.8 Å². The van der Waals surface area contributed by atoms with Crippen LogP contribution in [0, 0.1) is 18.7 Å². The van der Waals surface area contributed by atoms with E-state index in [4.69, 9.17) is 8.94 Å². The summed E-state index contributed by atoms with van der Waals surface area (Å²) in [5, 5.41) is 4.15. The average molecular weight is 518 g/mol. The molecule has 9 heteroatoms. The van der Waals surface area contributed by atoms with E-state index in [0.29, 0.717) is 53.6 Å². The highest BCUT2D eigenvalue weighted by atomic mass is 19.1. The van der Waals surface area contributed by atoms with E-state index in [9.17, 15) is 9.18 Å². The molecule has 0 spiro atoms. The average Bonchev–Trinajstić information content (AvgIpc) is 3.51. The summed E-state index contributed by atoms with van der Waals surface area (Å²) < 4.78 is 24.7. The van der Waals surface area contributed by atoms with Crippen LogP contribution in [0.5, 0.6) is 0 Å². The number of aryl methyl sites for hydroxylation is 1. The van der Waals surface area contributed by atoms with Crippen LogP contribution < -0.4 is 0 Å². The molecule has 0 N–H and O–H groups in total. The van der Waals surface area contributed by atoms with Crippen molar-refractivity contribution in [3.05, 3.63) is 77.3 Å². The largest absolute Gasteiger partial charge is 0.441 e. The number of hydrogen-bond donors (Lipinski definition) is 0. The number of aromatic nitrogens is 3. The van der Waals surface area contributed by atoms with Crippen molar-refractivity contribution in [3.63, 3.8) is 0 Å². The van der Waals surface area contributed by atoms with E-state index in [0.717, 1.165) is 31.6 Å². The predicted molar refractivity (Wildman–Crippen MR) is 140 cm³/mol. The van der Waals surface area contributed by atoms with Gasteiger partial charge in [0, 0.05) is 50.3 Å². The Hall–Kier alpha value is -3.85. The molecule has 0 atom stereocenters. The van der Waals surface area contributed by atoms with Gasteiger partial charge in [0.1, 0.15) is 11.6 Å². The molecule has 198 valence electrons. The second-order valence-corrected chi connectivity index (χ2v) is 10.2. The summed E-state index contributed by atoms with van der Waals surface area (Å²) in [4.78, 5) is 26.2. The minimum atomic E-state index is -0.355. The Morgan fingerprint density at radius 1 is 1.03 bits per heavy atom. The molecule has 2 aromatic carbocycles. The first-order valence-corrected chi connectivity index (χ1v) is 13.0. The highest BCUT2D eigenvalue weighted by molar-refractivity contribution is 5.79. The van der Waals surface area contributed by atoms with Crippen LogP contribution in [0.1, 0.15) is 36.8 Å². The number of piperazine rings is 1. The molecule has 0 saturated carbocycles. The third kappa shape index (κ3) is 6.16. The monoisotopic (exact) mass is 517 g/mol. The standard InChI is InChI=1S/C29H32FN5O3/c1-19(2)14-26-32-28(33-38-26)22-7-4-6-21(15-22)18-34-10-12-35(13-11-34)27(36)17-25-20(3)37-29(31-25)23-8-5-9-24(30)16-23/h4-9,15-16,19H,10-14,17-18H2,1-3H3. The molecule has 4 aromatic rings. The molecule has 1 fully saturated rings. The van der Waals surface area contributed by atoms with Gasteiger partial charge in [0.15, 0.2) is 0 Å². The number of carbonyl (C=O) groups is 1. The molecule has 1 aliphatic heterocycles. The van der Waals surface area contributed by atoms with E-state index in [2.05, 4.69) is 46.0 Å². The molecule has 3 heterocycles. The van der Waals surface area contributed by atoms with Gasteiger partial charge < -0.3 is 13.8 Å².